The van der Waals surface area contributed by atoms with Crippen molar-refractivity contribution < 1.29 is 47.9 Å². The molecule has 0 saturated heterocycles. The molecular weight excluding hydrogens is 1030 g/mol. The number of aromatic amines is 4. The van der Waals surface area contributed by atoms with Crippen molar-refractivity contribution in [2.45, 2.75) is 75.5 Å². The van der Waals surface area contributed by atoms with Gasteiger partial charge in [0, 0.05) is 97.8 Å². The summed E-state index contributed by atoms with van der Waals surface area (Å²) in [5, 5.41) is 25.2. The van der Waals surface area contributed by atoms with E-state index in [1.807, 2.05) is 0 Å². The van der Waals surface area contributed by atoms with E-state index in [4.69, 9.17) is 11.5 Å². The third kappa shape index (κ3) is 25.4. The van der Waals surface area contributed by atoms with Crippen molar-refractivity contribution in [3.8, 4) is 0 Å². The van der Waals surface area contributed by atoms with Crippen molar-refractivity contribution in [3.05, 3.63) is 72.9 Å². The molecular formula is C44H66N20O10S2. The van der Waals surface area contributed by atoms with E-state index in [-0.39, 0.29) is 38.8 Å². The Morgan fingerprint density at radius 2 is 0.697 bits per heavy atom. The molecule has 30 nitrogen and oxygen atoms in total. The monoisotopic (exact) mass is 1100 g/mol. The van der Waals surface area contributed by atoms with Crippen molar-refractivity contribution in [2.75, 3.05) is 63.9 Å². The van der Waals surface area contributed by atoms with Crippen LogP contribution in [0, 0.1) is 0 Å². The number of amides is 10. The highest BCUT2D eigenvalue weighted by Crippen LogP contribution is 2.23. The van der Waals surface area contributed by atoms with Gasteiger partial charge in [-0.25, -0.2) is 19.9 Å². The molecule has 4 heterocycles. The highest BCUT2D eigenvalue weighted by atomic mass is 33.1. The van der Waals surface area contributed by atoms with Gasteiger partial charge >= 0.3 is 0 Å². The Bertz CT molecular complexity index is 2260. The van der Waals surface area contributed by atoms with Crippen LogP contribution in [0.4, 0.5) is 0 Å². The van der Waals surface area contributed by atoms with Crippen LogP contribution >= 0.6 is 21.6 Å². The van der Waals surface area contributed by atoms with Crippen molar-refractivity contribution in [1.29, 1.82) is 0 Å². The molecule has 0 radical (unpaired) electrons. The number of carbonyl (C=O) groups excluding carboxylic acids is 10. The molecule has 4 aromatic heterocycles. The summed E-state index contributed by atoms with van der Waals surface area (Å²) in [5.41, 5.74) is 14.1. The summed E-state index contributed by atoms with van der Waals surface area (Å²) in [5.74, 6) is -4.25. The summed E-state index contributed by atoms with van der Waals surface area (Å²) >= 11 is 0. The van der Waals surface area contributed by atoms with Gasteiger partial charge in [0.25, 0.3) is 0 Å². The van der Waals surface area contributed by atoms with E-state index in [1.54, 1.807) is 21.6 Å². The number of carbonyl (C=O) groups is 10. The van der Waals surface area contributed by atoms with E-state index in [9.17, 15) is 47.9 Å². The van der Waals surface area contributed by atoms with Crippen LogP contribution in [-0.2, 0) is 73.6 Å². The lowest BCUT2D eigenvalue weighted by atomic mass is 10.1. The maximum absolute atomic E-state index is 13.1. The third-order valence-corrected chi connectivity index (χ3v) is 13.1. The summed E-state index contributed by atoms with van der Waals surface area (Å²) in [4.78, 5) is 152. The Kier molecular flexibility index (Phi) is 27.6. The molecule has 18 N–H and O–H groups in total. The molecule has 4 atom stereocenters. The fraction of sp³-hybridized carbons (Fsp3) is 0.500. The Hall–Kier alpha value is -7.84. The molecule has 0 aliphatic heterocycles. The van der Waals surface area contributed by atoms with E-state index in [2.05, 4.69) is 93.0 Å². The van der Waals surface area contributed by atoms with Crippen LogP contribution in [0.2, 0.25) is 0 Å². The molecule has 0 fully saturated rings. The van der Waals surface area contributed by atoms with E-state index in [0.29, 0.717) is 48.7 Å². The summed E-state index contributed by atoms with van der Waals surface area (Å²) in [7, 11) is 3.36. The summed E-state index contributed by atoms with van der Waals surface area (Å²) in [6.07, 6.45) is 15.2. The van der Waals surface area contributed by atoms with Crippen LogP contribution in [-0.4, -0.2) is 187 Å². The van der Waals surface area contributed by atoms with Gasteiger partial charge in [0.15, 0.2) is 0 Å². The Morgan fingerprint density at radius 3 is 1.03 bits per heavy atom. The molecule has 0 aliphatic carbocycles. The quantitative estimate of drug-likeness (QED) is 0.0148. The first kappa shape index (κ1) is 60.7. The minimum Gasteiger partial charge on any atom is -0.355 e. The topological polar surface area (TPSA) is 458 Å². The van der Waals surface area contributed by atoms with E-state index in [1.165, 1.54) is 50.1 Å². The van der Waals surface area contributed by atoms with E-state index >= 15 is 0 Å². The molecule has 76 heavy (non-hydrogen) atoms. The molecule has 414 valence electrons. The van der Waals surface area contributed by atoms with E-state index < -0.39 is 109 Å². The lowest BCUT2D eigenvalue weighted by Gasteiger charge is -2.18. The zero-order chi connectivity index (χ0) is 54.9. The zero-order valence-corrected chi connectivity index (χ0v) is 43.1. The number of rotatable bonds is 37. The smallest absolute Gasteiger partial charge is 0.243 e. The van der Waals surface area contributed by atoms with Crippen molar-refractivity contribution in [3.63, 3.8) is 0 Å². The molecule has 0 aromatic carbocycles. The van der Waals surface area contributed by atoms with Crippen molar-refractivity contribution in [2.24, 2.45) is 11.5 Å². The van der Waals surface area contributed by atoms with Crippen molar-refractivity contribution >= 4 is 80.7 Å². The average molecular weight is 1100 g/mol. The highest BCUT2D eigenvalue weighted by molar-refractivity contribution is 8.76. The minimum absolute atomic E-state index is 0.0252. The van der Waals surface area contributed by atoms with Crippen LogP contribution < -0.4 is 64.6 Å². The van der Waals surface area contributed by atoms with Crippen LogP contribution in [0.25, 0.3) is 0 Å². The van der Waals surface area contributed by atoms with Crippen LogP contribution in [0.1, 0.15) is 48.5 Å². The number of nitrogens with two attached hydrogens (primary N) is 2. The number of hydrogen-bond acceptors (Lipinski definition) is 18. The first-order valence-electron chi connectivity index (χ1n) is 24.1. The van der Waals surface area contributed by atoms with Crippen LogP contribution in [0.15, 0.2) is 50.1 Å². The van der Waals surface area contributed by atoms with Crippen molar-refractivity contribution in [1.82, 2.24) is 93.0 Å². The fourth-order valence-corrected chi connectivity index (χ4v) is 8.82. The maximum Gasteiger partial charge on any atom is 0.243 e. The van der Waals surface area contributed by atoms with Crippen LogP contribution in [0.5, 0.6) is 0 Å². The number of unbranched alkanes of at least 4 members (excludes halogenated alkanes) is 2. The Balaban J connectivity index is 0.997. The molecule has 4 rings (SSSR count). The van der Waals surface area contributed by atoms with Gasteiger partial charge < -0.3 is 84.6 Å². The molecule has 0 spiro atoms. The van der Waals surface area contributed by atoms with Gasteiger partial charge in [0.1, 0.15) is 12.1 Å². The van der Waals surface area contributed by atoms with Crippen LogP contribution in [0.3, 0.4) is 0 Å². The lowest BCUT2D eigenvalue weighted by Crippen LogP contribution is -2.52. The molecule has 0 bridgehead atoms. The fourth-order valence-electron chi connectivity index (χ4n) is 6.52. The standard InChI is InChI=1S/C44H66N20O10S2/c45-31(9-27-13-47-23-59-27)41(71)55-19-37(67)53-21-39(69)63-33(11-29-15-49-25-61-29)43(73)57-17-35(65)51-5-1-3-7-75-76-8-4-2-6-52-36(66)18-58-44(74)34(12-30-16-50-26-62-30)64-40(70)22-54-38(68)20-56-42(72)32(46)10-28-14-48-24-60-28/h13-16,23-26,31-34H,1-12,17-22,45-46H2,(H,47,59)(H,48,60)(H,49,61)(H,50,62)(H,51,65)(H,52,66)(H,53,67)(H,54,68)(H,55,71)(H,56,72)(H,57,73)(H,58,74)(H,63,69)(H,64,70)/t31-,32-,33-,34-/m0/s1. The van der Waals surface area contributed by atoms with Gasteiger partial charge in [-0.05, 0) is 25.7 Å². The molecule has 0 saturated carbocycles. The predicted octanol–water partition coefficient (Wildman–Crippen LogP) is -5.65. The van der Waals surface area contributed by atoms with Gasteiger partial charge in [-0.2, -0.15) is 0 Å². The maximum atomic E-state index is 13.1. The number of hydrogen-bond donors (Lipinski definition) is 16. The first-order valence-corrected chi connectivity index (χ1v) is 26.5. The van der Waals surface area contributed by atoms with Gasteiger partial charge in [-0.15, -0.1) is 0 Å². The third-order valence-electron chi connectivity index (χ3n) is 10.5. The summed E-state index contributed by atoms with van der Waals surface area (Å²) in [6, 6.07) is -4.06. The minimum atomic E-state index is -1.11. The molecule has 10 amide bonds. The molecule has 32 heteroatoms. The average Bonchev–Trinajstić information content (AvgIpc) is 4.28. The first-order chi connectivity index (χ1) is 36.6. The van der Waals surface area contributed by atoms with Gasteiger partial charge in [-0.1, -0.05) is 21.6 Å². The number of imidazole rings is 4. The molecule has 0 aliphatic rings. The van der Waals surface area contributed by atoms with Gasteiger partial charge in [0.05, 0.1) is 76.7 Å². The zero-order valence-electron chi connectivity index (χ0n) is 41.5. The Labute approximate surface area is 443 Å². The largest absolute Gasteiger partial charge is 0.355 e. The second-order valence-electron chi connectivity index (χ2n) is 16.8. The number of nitrogens with zero attached hydrogens (tertiary/aromatic N) is 4. The normalized spacial score (nSPS) is 12.4. The lowest BCUT2D eigenvalue weighted by molar-refractivity contribution is -0.131. The second-order valence-corrected chi connectivity index (χ2v) is 19.5. The van der Waals surface area contributed by atoms with E-state index in [0.717, 1.165) is 24.3 Å². The van der Waals surface area contributed by atoms with Gasteiger partial charge in [-0.3, -0.25) is 47.9 Å². The summed E-state index contributed by atoms with van der Waals surface area (Å²) in [6.45, 7) is -1.72. The number of H-pyrrole nitrogens is 4. The predicted molar refractivity (Wildman–Crippen MR) is 276 cm³/mol. The molecule has 0 unspecified atom stereocenters. The number of nitrogens with one attached hydrogen (secondary N) is 14. The Morgan fingerprint density at radius 1 is 0.395 bits per heavy atom. The molecule has 4 aromatic rings. The van der Waals surface area contributed by atoms with Gasteiger partial charge in [0.2, 0.25) is 59.1 Å². The second kappa shape index (κ2) is 34.6. The number of aromatic nitrogens is 8. The highest BCUT2D eigenvalue weighted by Gasteiger charge is 2.25. The summed E-state index contributed by atoms with van der Waals surface area (Å²) < 4.78 is 0. The SMILES string of the molecule is N[C@@H](Cc1cnc[nH]1)C(=O)NCC(=O)NCC(=O)N[C@@H](Cc1cnc[nH]1)C(=O)NCC(=O)NCCCCSSCCCCNC(=O)CNC(=O)[C@H](Cc1cnc[nH]1)NC(=O)CNC(=O)CNC(=O)[C@@H](N)Cc1cnc[nH]1.